The first-order valence-corrected chi connectivity index (χ1v) is 7.73. The number of pyridine rings is 1. The summed E-state index contributed by atoms with van der Waals surface area (Å²) >= 11 is 1.69. The second kappa shape index (κ2) is 5.79. The van der Waals surface area contributed by atoms with Crippen LogP contribution in [-0.2, 0) is 13.1 Å². The zero-order valence-corrected chi connectivity index (χ0v) is 13.0. The number of benzene rings is 1. The van der Waals surface area contributed by atoms with Crippen LogP contribution in [0.15, 0.2) is 35.8 Å². The molecule has 2 N–H and O–H groups in total. The van der Waals surface area contributed by atoms with E-state index in [1.165, 1.54) is 5.56 Å². The van der Waals surface area contributed by atoms with Crippen LogP contribution in [0.4, 0.5) is 5.69 Å². The van der Waals surface area contributed by atoms with Gasteiger partial charge >= 0.3 is 0 Å². The maximum atomic E-state index is 6.02. The van der Waals surface area contributed by atoms with E-state index in [-0.39, 0.29) is 0 Å². The normalized spacial score (nSPS) is 11.4. The fourth-order valence-corrected chi connectivity index (χ4v) is 3.09. The number of hydrogen-bond donors (Lipinski definition) is 1. The molecule has 0 saturated heterocycles. The molecule has 0 aliphatic rings. The van der Waals surface area contributed by atoms with Crippen LogP contribution < -0.4 is 5.73 Å². The molecular formula is C16H18N4S. The SMILES string of the molecule is Cc1nc(CN(C)Cc2ccc(N)c3cccnc23)cs1. The van der Waals surface area contributed by atoms with E-state index in [0.29, 0.717) is 0 Å². The maximum absolute atomic E-state index is 6.02. The molecule has 108 valence electrons. The third-order valence-corrected chi connectivity index (χ3v) is 4.25. The van der Waals surface area contributed by atoms with Gasteiger partial charge in [-0.05, 0) is 37.7 Å². The smallest absolute Gasteiger partial charge is 0.0897 e. The first kappa shape index (κ1) is 14.0. The summed E-state index contributed by atoms with van der Waals surface area (Å²) in [6.07, 6.45) is 1.81. The number of thiazole rings is 1. The van der Waals surface area contributed by atoms with Crippen LogP contribution in [0.5, 0.6) is 0 Å². The minimum Gasteiger partial charge on any atom is -0.398 e. The second-order valence-corrected chi connectivity index (χ2v) is 6.31. The highest BCUT2D eigenvalue weighted by Gasteiger charge is 2.09. The van der Waals surface area contributed by atoms with Crippen LogP contribution in [-0.4, -0.2) is 21.9 Å². The molecule has 2 aromatic heterocycles. The molecule has 0 aliphatic carbocycles. The van der Waals surface area contributed by atoms with E-state index < -0.39 is 0 Å². The summed E-state index contributed by atoms with van der Waals surface area (Å²) in [5.74, 6) is 0. The summed E-state index contributed by atoms with van der Waals surface area (Å²) in [6.45, 7) is 3.69. The summed E-state index contributed by atoms with van der Waals surface area (Å²) in [4.78, 5) is 11.2. The molecule has 0 spiro atoms. The van der Waals surface area contributed by atoms with Crippen molar-refractivity contribution in [2.45, 2.75) is 20.0 Å². The molecule has 0 saturated carbocycles. The molecule has 1 aromatic carbocycles. The maximum Gasteiger partial charge on any atom is 0.0897 e. The monoisotopic (exact) mass is 298 g/mol. The Morgan fingerprint density at radius 2 is 2.10 bits per heavy atom. The highest BCUT2D eigenvalue weighted by atomic mass is 32.1. The van der Waals surface area contributed by atoms with E-state index in [1.54, 1.807) is 11.3 Å². The average Bonchev–Trinajstić information content (AvgIpc) is 2.87. The molecule has 0 unspecified atom stereocenters. The number of aryl methyl sites for hydroxylation is 1. The third kappa shape index (κ3) is 3.04. The van der Waals surface area contributed by atoms with Gasteiger partial charge in [0, 0.05) is 35.7 Å². The van der Waals surface area contributed by atoms with E-state index in [4.69, 9.17) is 5.73 Å². The second-order valence-electron chi connectivity index (χ2n) is 5.24. The van der Waals surface area contributed by atoms with Gasteiger partial charge in [0.2, 0.25) is 0 Å². The third-order valence-electron chi connectivity index (χ3n) is 3.43. The number of hydrogen-bond acceptors (Lipinski definition) is 5. The van der Waals surface area contributed by atoms with Crippen LogP contribution >= 0.6 is 11.3 Å². The highest BCUT2D eigenvalue weighted by Crippen LogP contribution is 2.23. The van der Waals surface area contributed by atoms with Gasteiger partial charge in [-0.25, -0.2) is 4.98 Å². The lowest BCUT2D eigenvalue weighted by Gasteiger charge is -2.17. The van der Waals surface area contributed by atoms with Crippen LogP contribution in [0, 0.1) is 6.92 Å². The van der Waals surface area contributed by atoms with E-state index in [2.05, 4.69) is 33.4 Å². The molecule has 0 bridgehead atoms. The van der Waals surface area contributed by atoms with Gasteiger partial charge < -0.3 is 5.73 Å². The van der Waals surface area contributed by atoms with Crippen molar-refractivity contribution in [2.24, 2.45) is 0 Å². The van der Waals surface area contributed by atoms with Gasteiger partial charge in [0.15, 0.2) is 0 Å². The van der Waals surface area contributed by atoms with Crippen molar-refractivity contribution in [2.75, 3.05) is 12.8 Å². The van der Waals surface area contributed by atoms with Crippen molar-refractivity contribution >= 4 is 27.9 Å². The first-order valence-electron chi connectivity index (χ1n) is 6.85. The van der Waals surface area contributed by atoms with Crippen LogP contribution in [0.1, 0.15) is 16.3 Å². The summed E-state index contributed by atoms with van der Waals surface area (Å²) in [6, 6.07) is 7.96. The van der Waals surface area contributed by atoms with Crippen molar-refractivity contribution < 1.29 is 0 Å². The number of nitrogens with zero attached hydrogens (tertiary/aromatic N) is 3. The summed E-state index contributed by atoms with van der Waals surface area (Å²) in [5, 5.41) is 4.25. The fourth-order valence-electron chi connectivity index (χ4n) is 2.48. The standard InChI is InChI=1S/C16H18N4S/c1-11-19-13(10-21-11)9-20(2)8-12-5-6-15(17)14-4-3-7-18-16(12)14/h3-7,10H,8-9,17H2,1-2H3. The number of nitrogens with two attached hydrogens (primary N) is 1. The number of nitrogen functional groups attached to an aromatic ring is 1. The van der Waals surface area contributed by atoms with Gasteiger partial charge in [-0.15, -0.1) is 11.3 Å². The van der Waals surface area contributed by atoms with Gasteiger partial charge in [0.05, 0.1) is 16.2 Å². The molecule has 4 nitrogen and oxygen atoms in total. The zero-order chi connectivity index (χ0) is 14.8. The topological polar surface area (TPSA) is 55.0 Å². The molecule has 5 heteroatoms. The number of anilines is 1. The largest absolute Gasteiger partial charge is 0.398 e. The molecular weight excluding hydrogens is 280 g/mol. The summed E-state index contributed by atoms with van der Waals surface area (Å²) in [7, 11) is 2.10. The molecule has 0 atom stereocenters. The minimum absolute atomic E-state index is 0.777. The Labute approximate surface area is 128 Å². The van der Waals surface area contributed by atoms with Crippen molar-refractivity contribution in [3.05, 3.63) is 52.1 Å². The van der Waals surface area contributed by atoms with Crippen molar-refractivity contribution in [3.8, 4) is 0 Å². The zero-order valence-electron chi connectivity index (χ0n) is 12.2. The lowest BCUT2D eigenvalue weighted by Crippen LogP contribution is -2.18. The predicted molar refractivity (Wildman–Crippen MR) is 88.2 cm³/mol. The molecule has 0 radical (unpaired) electrons. The van der Waals surface area contributed by atoms with Gasteiger partial charge in [-0.1, -0.05) is 6.07 Å². The van der Waals surface area contributed by atoms with Crippen LogP contribution in [0.2, 0.25) is 0 Å². The predicted octanol–water partition coefficient (Wildman–Crippen LogP) is 3.21. The minimum atomic E-state index is 0.777. The number of aromatic nitrogens is 2. The summed E-state index contributed by atoms with van der Waals surface area (Å²) in [5.41, 5.74) is 10.1. The van der Waals surface area contributed by atoms with Gasteiger partial charge in [0.1, 0.15) is 0 Å². The lowest BCUT2D eigenvalue weighted by atomic mass is 10.1. The van der Waals surface area contributed by atoms with Gasteiger partial charge in [-0.2, -0.15) is 0 Å². The van der Waals surface area contributed by atoms with E-state index >= 15 is 0 Å². The molecule has 0 fully saturated rings. The van der Waals surface area contributed by atoms with Crippen LogP contribution in [0.3, 0.4) is 0 Å². The number of rotatable bonds is 4. The van der Waals surface area contributed by atoms with E-state index in [0.717, 1.165) is 40.4 Å². The Kier molecular flexibility index (Phi) is 3.86. The molecule has 21 heavy (non-hydrogen) atoms. The van der Waals surface area contributed by atoms with Gasteiger partial charge in [0.25, 0.3) is 0 Å². The molecule has 0 aliphatic heterocycles. The Morgan fingerprint density at radius 3 is 2.86 bits per heavy atom. The van der Waals surface area contributed by atoms with Crippen molar-refractivity contribution in [1.82, 2.24) is 14.9 Å². The van der Waals surface area contributed by atoms with E-state index in [9.17, 15) is 0 Å². The Balaban J connectivity index is 1.83. The Bertz CT molecular complexity index is 766. The molecule has 3 aromatic rings. The van der Waals surface area contributed by atoms with Crippen LogP contribution in [0.25, 0.3) is 10.9 Å². The number of fused-ring (bicyclic) bond motifs is 1. The Hall–Kier alpha value is -1.98. The first-order chi connectivity index (χ1) is 10.1. The van der Waals surface area contributed by atoms with Crippen molar-refractivity contribution in [1.29, 1.82) is 0 Å². The quantitative estimate of drug-likeness (QED) is 0.751. The Morgan fingerprint density at radius 1 is 1.24 bits per heavy atom. The average molecular weight is 298 g/mol. The molecule has 2 heterocycles. The summed E-state index contributed by atoms with van der Waals surface area (Å²) < 4.78 is 0. The molecule has 3 rings (SSSR count). The molecule has 0 amide bonds. The van der Waals surface area contributed by atoms with Crippen molar-refractivity contribution in [3.63, 3.8) is 0 Å². The van der Waals surface area contributed by atoms with E-state index in [1.807, 2.05) is 31.3 Å². The fraction of sp³-hybridized carbons (Fsp3) is 0.250. The van der Waals surface area contributed by atoms with Gasteiger partial charge in [-0.3, -0.25) is 9.88 Å². The highest BCUT2D eigenvalue weighted by molar-refractivity contribution is 7.09. The lowest BCUT2D eigenvalue weighted by molar-refractivity contribution is 0.316.